The smallest absolute Gasteiger partial charge is 0.252 e. The van der Waals surface area contributed by atoms with Crippen molar-refractivity contribution in [3.63, 3.8) is 0 Å². The summed E-state index contributed by atoms with van der Waals surface area (Å²) in [4.78, 5) is 16.0. The van der Waals surface area contributed by atoms with Crippen molar-refractivity contribution >= 4 is 27.3 Å². The average Bonchev–Trinajstić information content (AvgIpc) is 3.34. The summed E-state index contributed by atoms with van der Waals surface area (Å²) < 4.78 is 27.7. The lowest BCUT2D eigenvalue weighted by Crippen LogP contribution is -2.61. The van der Waals surface area contributed by atoms with Crippen molar-refractivity contribution in [1.29, 1.82) is 0 Å². The number of hydrogen-bond donors (Lipinski definition) is 0. The number of carbonyl (C=O) groups excluding carboxylic acids is 1. The maximum atomic E-state index is 14.0. The maximum Gasteiger partial charge on any atom is 0.252 e. The molecule has 1 aromatic carbocycles. The molecule has 7 heteroatoms. The van der Waals surface area contributed by atoms with E-state index in [9.17, 15) is 13.2 Å². The fourth-order valence-electron chi connectivity index (χ4n) is 7.76. The van der Waals surface area contributed by atoms with Crippen LogP contribution >= 0.6 is 11.3 Å². The van der Waals surface area contributed by atoms with Crippen molar-refractivity contribution in [2.75, 3.05) is 26.2 Å². The predicted molar refractivity (Wildman–Crippen MR) is 130 cm³/mol. The zero-order valence-electron chi connectivity index (χ0n) is 19.2. The van der Waals surface area contributed by atoms with Crippen LogP contribution < -0.4 is 0 Å². The first kappa shape index (κ1) is 21.8. The molecule has 4 bridgehead atoms. The van der Waals surface area contributed by atoms with E-state index < -0.39 is 10.0 Å². The SMILES string of the molecule is Cc1ccc(C23CC4CC(CC(C(=O)N5CCN(S(=O)(=O)c6cccs6)CC5)(C4)C2)C3)cc1. The van der Waals surface area contributed by atoms with E-state index in [1.165, 1.54) is 41.7 Å². The topological polar surface area (TPSA) is 57.7 Å². The van der Waals surface area contributed by atoms with Gasteiger partial charge in [-0.1, -0.05) is 35.9 Å². The molecule has 4 aliphatic carbocycles. The standard InChI is InChI=1S/C26H32N2O3S2/c1-19-4-6-22(7-5-19)25-14-20-13-21(15-25)17-26(16-20,18-25)24(29)27-8-10-28(11-9-27)33(30,31)23-3-2-12-32-23/h2-7,12,20-21H,8-11,13-18H2,1H3. The summed E-state index contributed by atoms with van der Waals surface area (Å²) in [5.41, 5.74) is 2.58. The molecule has 33 heavy (non-hydrogen) atoms. The zero-order chi connectivity index (χ0) is 22.8. The van der Waals surface area contributed by atoms with Crippen molar-refractivity contribution in [3.8, 4) is 0 Å². The van der Waals surface area contributed by atoms with Gasteiger partial charge in [0.05, 0.1) is 5.41 Å². The third-order valence-corrected chi connectivity index (χ3v) is 12.1. The number of thiophene rings is 1. The minimum absolute atomic E-state index is 0.137. The van der Waals surface area contributed by atoms with Crippen LogP contribution in [0.1, 0.15) is 49.7 Å². The Morgan fingerprint density at radius 3 is 2.24 bits per heavy atom. The number of nitrogens with zero attached hydrogens (tertiary/aromatic N) is 2. The number of rotatable bonds is 4. The molecule has 1 aliphatic heterocycles. The number of sulfonamides is 1. The molecule has 2 heterocycles. The van der Waals surface area contributed by atoms with Gasteiger partial charge in [-0.2, -0.15) is 4.31 Å². The van der Waals surface area contributed by atoms with Gasteiger partial charge in [0.25, 0.3) is 10.0 Å². The second-order valence-electron chi connectivity index (χ2n) is 11.0. The van der Waals surface area contributed by atoms with E-state index in [-0.39, 0.29) is 10.8 Å². The summed E-state index contributed by atoms with van der Waals surface area (Å²) in [7, 11) is -3.45. The highest BCUT2D eigenvalue weighted by Crippen LogP contribution is 2.66. The van der Waals surface area contributed by atoms with Crippen LogP contribution in [0.4, 0.5) is 0 Å². The number of aryl methyl sites for hydroxylation is 1. The molecule has 4 saturated carbocycles. The van der Waals surface area contributed by atoms with Crippen LogP contribution in [0.25, 0.3) is 0 Å². The Labute approximate surface area is 200 Å². The molecule has 0 N–H and O–H groups in total. The molecule has 0 radical (unpaired) electrons. The number of carbonyl (C=O) groups is 1. The summed E-state index contributed by atoms with van der Waals surface area (Å²) in [6.45, 7) is 3.90. The Kier molecular flexibility index (Phi) is 5.06. The van der Waals surface area contributed by atoms with Crippen LogP contribution in [-0.2, 0) is 20.2 Å². The second-order valence-corrected chi connectivity index (χ2v) is 14.1. The molecule has 1 amide bonds. The Morgan fingerprint density at radius 2 is 1.64 bits per heavy atom. The van der Waals surface area contributed by atoms with Crippen LogP contribution in [0.15, 0.2) is 46.0 Å². The van der Waals surface area contributed by atoms with Gasteiger partial charge in [-0.15, -0.1) is 11.3 Å². The van der Waals surface area contributed by atoms with Crippen molar-refractivity contribution in [1.82, 2.24) is 9.21 Å². The van der Waals surface area contributed by atoms with Gasteiger partial charge in [0.2, 0.25) is 5.91 Å². The first-order valence-corrected chi connectivity index (χ1v) is 14.5. The summed E-state index contributed by atoms with van der Waals surface area (Å²) in [6, 6.07) is 12.5. The molecule has 1 saturated heterocycles. The number of benzene rings is 1. The van der Waals surface area contributed by atoms with E-state index >= 15 is 0 Å². The number of hydrogen-bond acceptors (Lipinski definition) is 4. The summed E-state index contributed by atoms with van der Waals surface area (Å²) in [5, 5.41) is 1.80. The minimum Gasteiger partial charge on any atom is -0.340 e. The molecule has 7 rings (SSSR count). The van der Waals surface area contributed by atoms with E-state index in [1.54, 1.807) is 21.8 Å². The molecule has 2 atom stereocenters. The first-order valence-electron chi connectivity index (χ1n) is 12.2. The third kappa shape index (κ3) is 3.50. The van der Waals surface area contributed by atoms with Crippen LogP contribution in [0.5, 0.6) is 0 Å². The average molecular weight is 485 g/mol. The lowest BCUT2D eigenvalue weighted by Gasteiger charge is -2.62. The monoisotopic (exact) mass is 484 g/mol. The highest BCUT2D eigenvalue weighted by Gasteiger charge is 2.61. The van der Waals surface area contributed by atoms with Gasteiger partial charge in [-0.05, 0) is 79.7 Å². The van der Waals surface area contributed by atoms with Gasteiger partial charge in [-0.3, -0.25) is 4.79 Å². The predicted octanol–water partition coefficient (Wildman–Crippen LogP) is 4.43. The second kappa shape index (κ2) is 7.65. The van der Waals surface area contributed by atoms with Gasteiger partial charge < -0.3 is 4.90 Å². The Hall–Kier alpha value is -1.70. The van der Waals surface area contributed by atoms with E-state index in [0.29, 0.717) is 48.1 Å². The van der Waals surface area contributed by atoms with Crippen molar-refractivity contribution in [3.05, 3.63) is 52.9 Å². The summed E-state index contributed by atoms with van der Waals surface area (Å²) in [5.74, 6) is 1.57. The molecule has 5 nitrogen and oxygen atoms in total. The van der Waals surface area contributed by atoms with E-state index in [1.807, 2.05) is 4.90 Å². The maximum absolute atomic E-state index is 14.0. The summed E-state index contributed by atoms with van der Waals surface area (Å²) >= 11 is 1.26. The molecule has 0 spiro atoms. The lowest BCUT2D eigenvalue weighted by atomic mass is 9.42. The Balaban J connectivity index is 1.22. The van der Waals surface area contributed by atoms with Crippen LogP contribution in [0.3, 0.4) is 0 Å². The molecule has 5 fully saturated rings. The fourth-order valence-corrected chi connectivity index (χ4v) is 10.3. The zero-order valence-corrected chi connectivity index (χ0v) is 20.8. The van der Waals surface area contributed by atoms with Gasteiger partial charge in [0, 0.05) is 26.2 Å². The normalized spacial score (nSPS) is 34.0. The van der Waals surface area contributed by atoms with E-state index in [4.69, 9.17) is 0 Å². The van der Waals surface area contributed by atoms with E-state index in [2.05, 4.69) is 31.2 Å². The molecular weight excluding hydrogens is 452 g/mol. The van der Waals surface area contributed by atoms with Crippen LogP contribution in [0, 0.1) is 24.2 Å². The van der Waals surface area contributed by atoms with Crippen molar-refractivity contribution in [2.24, 2.45) is 17.3 Å². The summed E-state index contributed by atoms with van der Waals surface area (Å²) in [6.07, 6.45) is 6.70. The fraction of sp³-hybridized carbons (Fsp3) is 0.577. The van der Waals surface area contributed by atoms with Crippen molar-refractivity contribution in [2.45, 2.75) is 55.1 Å². The van der Waals surface area contributed by atoms with Crippen molar-refractivity contribution < 1.29 is 13.2 Å². The molecule has 1 aromatic heterocycles. The largest absolute Gasteiger partial charge is 0.340 e. The number of amides is 1. The van der Waals surface area contributed by atoms with Gasteiger partial charge in [0.15, 0.2) is 0 Å². The van der Waals surface area contributed by atoms with Crippen LogP contribution in [0.2, 0.25) is 0 Å². The highest BCUT2D eigenvalue weighted by atomic mass is 32.2. The molecule has 5 aliphatic rings. The molecule has 176 valence electrons. The Morgan fingerprint density at radius 1 is 0.970 bits per heavy atom. The first-order chi connectivity index (χ1) is 15.8. The Bertz CT molecular complexity index is 1130. The molecule has 2 unspecified atom stereocenters. The molecule has 2 aromatic rings. The van der Waals surface area contributed by atoms with E-state index in [0.717, 1.165) is 19.3 Å². The van der Waals surface area contributed by atoms with Gasteiger partial charge in [-0.25, -0.2) is 8.42 Å². The third-order valence-electron chi connectivity index (χ3n) is 8.79. The highest BCUT2D eigenvalue weighted by molar-refractivity contribution is 7.91. The lowest BCUT2D eigenvalue weighted by molar-refractivity contribution is -0.161. The minimum atomic E-state index is -3.45. The van der Waals surface area contributed by atoms with Crippen LogP contribution in [-0.4, -0.2) is 49.7 Å². The molecular formula is C26H32N2O3S2. The van der Waals surface area contributed by atoms with Gasteiger partial charge in [0.1, 0.15) is 4.21 Å². The quantitative estimate of drug-likeness (QED) is 0.645. The number of piperazine rings is 1. The van der Waals surface area contributed by atoms with Gasteiger partial charge >= 0.3 is 0 Å².